The van der Waals surface area contributed by atoms with Crippen molar-refractivity contribution in [2.75, 3.05) is 26.1 Å². The van der Waals surface area contributed by atoms with Crippen LogP contribution >= 0.6 is 0 Å². The number of pyridine rings is 1. The summed E-state index contributed by atoms with van der Waals surface area (Å²) >= 11 is 0. The minimum absolute atomic E-state index is 0.0256. The number of aromatic amines is 1. The fraction of sp³-hybridized carbons (Fsp3) is 0.300. The van der Waals surface area contributed by atoms with Crippen LogP contribution in [0.4, 0.5) is 10.2 Å². The van der Waals surface area contributed by atoms with Gasteiger partial charge in [-0.25, -0.2) is 9.37 Å². The van der Waals surface area contributed by atoms with Gasteiger partial charge >= 0.3 is 0 Å². The van der Waals surface area contributed by atoms with Crippen molar-refractivity contribution in [2.45, 2.75) is 12.1 Å². The van der Waals surface area contributed by atoms with Gasteiger partial charge in [-0.3, -0.25) is 4.79 Å². The number of aliphatic hydroxyl groups is 1. The second kappa shape index (κ2) is 6.79. The van der Waals surface area contributed by atoms with Crippen LogP contribution in [0.5, 0.6) is 11.5 Å². The fourth-order valence-electron chi connectivity index (χ4n) is 3.39. The number of H-pyrrole nitrogens is 1. The number of hydrogen-bond donors (Lipinski definition) is 3. The lowest BCUT2D eigenvalue weighted by molar-refractivity contribution is -0.118. The number of carbonyl (C=O) groups excluding carboxylic acids is 1. The summed E-state index contributed by atoms with van der Waals surface area (Å²) < 4.78 is 24.8. The minimum atomic E-state index is -1.81. The Kier molecular flexibility index (Phi) is 4.43. The van der Waals surface area contributed by atoms with Gasteiger partial charge < -0.3 is 24.9 Å². The predicted octanol–water partition coefficient (Wildman–Crippen LogP) is 2.91. The van der Waals surface area contributed by atoms with Gasteiger partial charge in [-0.1, -0.05) is 6.07 Å². The molecule has 1 fully saturated rings. The molecular formula is C20H20FN3O4. The van der Waals surface area contributed by atoms with Gasteiger partial charge in [-0.2, -0.15) is 0 Å². The number of halogens is 1. The second-order valence-corrected chi connectivity index (χ2v) is 6.77. The van der Waals surface area contributed by atoms with E-state index in [-0.39, 0.29) is 6.42 Å². The van der Waals surface area contributed by atoms with Crippen molar-refractivity contribution in [3.63, 3.8) is 0 Å². The summed E-state index contributed by atoms with van der Waals surface area (Å²) in [7, 11) is 3.18. The molecule has 0 bridgehead atoms. The molecule has 146 valence electrons. The van der Waals surface area contributed by atoms with Crippen LogP contribution in [0.25, 0.3) is 22.2 Å². The number of rotatable bonds is 6. The number of benzene rings is 1. The topological polar surface area (TPSA) is 96.5 Å². The van der Waals surface area contributed by atoms with Gasteiger partial charge in [-0.05, 0) is 30.7 Å². The molecule has 1 amide bonds. The summed E-state index contributed by atoms with van der Waals surface area (Å²) in [5.41, 5.74) is 0.388. The number of ether oxygens (including phenoxy) is 2. The van der Waals surface area contributed by atoms with Crippen molar-refractivity contribution >= 4 is 22.8 Å². The van der Waals surface area contributed by atoms with Gasteiger partial charge in [0, 0.05) is 17.1 Å². The molecule has 2 aromatic heterocycles. The van der Waals surface area contributed by atoms with Crippen LogP contribution in [0.2, 0.25) is 0 Å². The average Bonchev–Trinajstić information content (AvgIpc) is 3.24. The molecule has 7 nitrogen and oxygen atoms in total. The summed E-state index contributed by atoms with van der Waals surface area (Å²) in [5.74, 6) is 0.308. The smallest absolute Gasteiger partial charge is 0.232 e. The SMILES string of the molecule is COc1cccc(OC)c1-c1c[nH]c2nc(NC(=O)[C@@H]3C[C@]3(F)CO)ccc12. The van der Waals surface area contributed by atoms with E-state index in [4.69, 9.17) is 14.6 Å². The van der Waals surface area contributed by atoms with E-state index >= 15 is 0 Å². The Morgan fingerprint density at radius 1 is 1.32 bits per heavy atom. The van der Waals surface area contributed by atoms with Gasteiger partial charge in [0.1, 0.15) is 28.6 Å². The van der Waals surface area contributed by atoms with Gasteiger partial charge in [-0.15, -0.1) is 0 Å². The molecule has 0 radical (unpaired) electrons. The molecule has 8 heteroatoms. The molecule has 2 atom stereocenters. The summed E-state index contributed by atoms with van der Waals surface area (Å²) in [6.07, 6.45) is 1.82. The zero-order chi connectivity index (χ0) is 19.9. The molecule has 0 aliphatic heterocycles. The Morgan fingerprint density at radius 3 is 2.64 bits per heavy atom. The number of amides is 1. The van der Waals surface area contributed by atoms with E-state index < -0.39 is 24.1 Å². The predicted molar refractivity (Wildman–Crippen MR) is 102 cm³/mol. The summed E-state index contributed by atoms with van der Waals surface area (Å²) in [5, 5.41) is 12.4. The monoisotopic (exact) mass is 385 g/mol. The van der Waals surface area contributed by atoms with Crippen LogP contribution < -0.4 is 14.8 Å². The number of carbonyl (C=O) groups is 1. The van der Waals surface area contributed by atoms with Crippen molar-refractivity contribution < 1.29 is 23.8 Å². The molecule has 1 aliphatic carbocycles. The molecule has 28 heavy (non-hydrogen) atoms. The molecule has 1 aliphatic rings. The lowest BCUT2D eigenvalue weighted by Crippen LogP contribution is -2.22. The van der Waals surface area contributed by atoms with Crippen molar-refractivity contribution in [3.05, 3.63) is 36.5 Å². The minimum Gasteiger partial charge on any atom is -0.496 e. The van der Waals surface area contributed by atoms with E-state index in [1.807, 2.05) is 24.3 Å². The van der Waals surface area contributed by atoms with Crippen LogP contribution in [0.1, 0.15) is 6.42 Å². The van der Waals surface area contributed by atoms with E-state index in [2.05, 4.69) is 15.3 Å². The number of aromatic nitrogens is 2. The van der Waals surface area contributed by atoms with Crippen molar-refractivity contribution in [1.29, 1.82) is 0 Å². The van der Waals surface area contributed by atoms with E-state index in [9.17, 15) is 9.18 Å². The van der Waals surface area contributed by atoms with Gasteiger partial charge in [0.2, 0.25) is 5.91 Å². The van der Waals surface area contributed by atoms with Crippen LogP contribution in [0.15, 0.2) is 36.5 Å². The molecule has 1 aromatic carbocycles. The highest BCUT2D eigenvalue weighted by molar-refractivity contribution is 5.99. The lowest BCUT2D eigenvalue weighted by Gasteiger charge is -2.12. The number of fused-ring (bicyclic) bond motifs is 1. The Morgan fingerprint density at radius 2 is 2.04 bits per heavy atom. The van der Waals surface area contributed by atoms with Crippen LogP contribution in [0.3, 0.4) is 0 Å². The highest BCUT2D eigenvalue weighted by atomic mass is 19.1. The quantitative estimate of drug-likeness (QED) is 0.606. The summed E-state index contributed by atoms with van der Waals surface area (Å²) in [6.45, 7) is -0.654. The first-order valence-electron chi connectivity index (χ1n) is 8.81. The van der Waals surface area contributed by atoms with Gasteiger partial charge in [0.05, 0.1) is 32.3 Å². The van der Waals surface area contributed by atoms with E-state index in [1.54, 1.807) is 26.5 Å². The number of nitrogens with zero attached hydrogens (tertiary/aromatic N) is 1. The highest BCUT2D eigenvalue weighted by Crippen LogP contribution is 2.47. The number of methoxy groups -OCH3 is 2. The van der Waals surface area contributed by atoms with Crippen LogP contribution in [-0.4, -0.2) is 47.5 Å². The largest absolute Gasteiger partial charge is 0.496 e. The van der Waals surface area contributed by atoms with Crippen molar-refractivity contribution in [2.24, 2.45) is 5.92 Å². The number of aliphatic hydroxyl groups excluding tert-OH is 1. The first kappa shape index (κ1) is 18.2. The highest BCUT2D eigenvalue weighted by Gasteiger charge is 2.59. The third kappa shape index (κ3) is 2.95. The molecule has 3 N–H and O–H groups in total. The summed E-state index contributed by atoms with van der Waals surface area (Å²) in [4.78, 5) is 19.6. The second-order valence-electron chi connectivity index (χ2n) is 6.77. The maximum absolute atomic E-state index is 13.9. The normalized spacial score (nSPS) is 20.8. The number of nitrogens with one attached hydrogen (secondary N) is 2. The molecule has 3 aromatic rings. The summed E-state index contributed by atoms with van der Waals surface area (Å²) in [6, 6.07) is 9.01. The maximum atomic E-state index is 13.9. The molecule has 0 spiro atoms. The fourth-order valence-corrected chi connectivity index (χ4v) is 3.39. The Labute approximate surface area is 160 Å². The van der Waals surface area contributed by atoms with Gasteiger partial charge in [0.15, 0.2) is 0 Å². The molecule has 0 saturated heterocycles. The molecule has 1 saturated carbocycles. The van der Waals surface area contributed by atoms with Crippen molar-refractivity contribution in [1.82, 2.24) is 9.97 Å². The standard InChI is InChI=1S/C20H20FN3O4/c1-27-14-4-3-5-15(28-2)17(14)12-9-22-18-11(12)6-7-16(23-18)24-19(26)13-8-20(13,21)10-25/h3-7,9,13,25H,8,10H2,1-2H3,(H2,22,23,24,26)/t13-,20-/m0/s1. The Balaban J connectivity index is 1.66. The van der Waals surface area contributed by atoms with Crippen molar-refractivity contribution in [3.8, 4) is 22.6 Å². The zero-order valence-electron chi connectivity index (χ0n) is 15.5. The molecule has 2 heterocycles. The van der Waals surface area contributed by atoms with Gasteiger partial charge in [0.25, 0.3) is 0 Å². The Bertz CT molecular complexity index is 1030. The van der Waals surface area contributed by atoms with E-state index in [1.165, 1.54) is 0 Å². The number of alkyl halides is 1. The third-order valence-corrected chi connectivity index (χ3v) is 5.07. The first-order chi connectivity index (χ1) is 13.5. The van der Waals surface area contributed by atoms with Crippen LogP contribution in [0, 0.1) is 5.92 Å². The maximum Gasteiger partial charge on any atom is 0.232 e. The molecular weight excluding hydrogens is 365 g/mol. The van der Waals surface area contributed by atoms with E-state index in [0.29, 0.717) is 23.0 Å². The molecule has 0 unspecified atom stereocenters. The van der Waals surface area contributed by atoms with Crippen LogP contribution in [-0.2, 0) is 4.79 Å². The Hall–Kier alpha value is -3.13. The van der Waals surface area contributed by atoms with E-state index in [0.717, 1.165) is 16.5 Å². The zero-order valence-corrected chi connectivity index (χ0v) is 15.5. The molecule has 4 rings (SSSR count). The third-order valence-electron chi connectivity index (χ3n) is 5.07. The average molecular weight is 385 g/mol. The first-order valence-corrected chi connectivity index (χ1v) is 8.81. The number of hydrogen-bond acceptors (Lipinski definition) is 5. The number of anilines is 1. The lowest BCUT2D eigenvalue weighted by atomic mass is 10.0.